The Bertz CT molecular complexity index is 1130. The summed E-state index contributed by atoms with van der Waals surface area (Å²) in [5, 5.41) is 13.4. The number of hydrogen-bond acceptors (Lipinski definition) is 9. The molecule has 0 amide bonds. The predicted octanol–water partition coefficient (Wildman–Crippen LogP) is 3.35. The highest BCUT2D eigenvalue weighted by Gasteiger charge is 2.26. The average Bonchev–Trinajstić information content (AvgIpc) is 2.85. The number of hydrogen-bond donors (Lipinski definition) is 3. The lowest BCUT2D eigenvalue weighted by atomic mass is 10.0. The van der Waals surface area contributed by atoms with Gasteiger partial charge in [0.15, 0.2) is 11.6 Å². The second kappa shape index (κ2) is 13.2. The summed E-state index contributed by atoms with van der Waals surface area (Å²) in [6.45, 7) is 9.85. The third kappa shape index (κ3) is 7.19. The first kappa shape index (κ1) is 28.8. The van der Waals surface area contributed by atoms with Crippen LogP contribution in [0.2, 0.25) is 5.02 Å². The number of nitrogens with one attached hydrogen (secondary N) is 1. The number of ether oxygens (including phenoxy) is 2. The number of halogens is 1. The van der Waals surface area contributed by atoms with Crippen LogP contribution in [-0.2, 0) is 9.53 Å². The number of carbonyl (C=O) groups excluding carboxylic acids is 1. The van der Waals surface area contributed by atoms with Crippen LogP contribution in [0.3, 0.4) is 0 Å². The van der Waals surface area contributed by atoms with Crippen LogP contribution in [0.1, 0.15) is 44.9 Å². The molecule has 0 spiro atoms. The molecule has 1 atom stereocenters. The Kier molecular flexibility index (Phi) is 10.3. The summed E-state index contributed by atoms with van der Waals surface area (Å²) >= 11 is 6.60. The molecule has 1 aliphatic rings. The number of rotatable bonds is 11. The molecule has 0 saturated carbocycles. The Morgan fingerprint density at radius 3 is 2.59 bits per heavy atom. The van der Waals surface area contributed by atoms with Gasteiger partial charge in [0.2, 0.25) is 0 Å². The van der Waals surface area contributed by atoms with Crippen molar-refractivity contribution < 1.29 is 19.4 Å². The van der Waals surface area contributed by atoms with Gasteiger partial charge in [-0.15, -0.1) is 0 Å². The Morgan fingerprint density at radius 2 is 2.00 bits per heavy atom. The standard InChI is InChI=1S/C27H38ClN5O4/c1-6-36-20-9-11-33(12-10-20)27-16(2)25(24(17(3)29)18(4)34)31-26(32-27)22-13-21(7-8-23(22)28)37-15-19(35)14-30-5/h7-8,13,19-20,30,35H,6,9-12,14-15,29H2,1-5H3/t19-/m1/s1. The number of likely N-dealkylation sites (N-methyl/N-ethyl adjacent to an activating group) is 1. The average molecular weight is 532 g/mol. The molecule has 4 N–H and O–H groups in total. The number of aliphatic hydroxyl groups excluding tert-OH is 1. The maximum Gasteiger partial charge on any atom is 0.163 e. The zero-order valence-electron chi connectivity index (χ0n) is 22.3. The molecule has 0 radical (unpaired) electrons. The molecule has 2 heterocycles. The predicted molar refractivity (Wildman–Crippen MR) is 147 cm³/mol. The lowest BCUT2D eigenvalue weighted by molar-refractivity contribution is -0.111. The van der Waals surface area contributed by atoms with Crippen LogP contribution in [-0.4, -0.2) is 73.0 Å². The van der Waals surface area contributed by atoms with Gasteiger partial charge in [-0.3, -0.25) is 4.79 Å². The van der Waals surface area contributed by atoms with Crippen molar-refractivity contribution in [3.05, 3.63) is 40.2 Å². The Morgan fingerprint density at radius 1 is 1.30 bits per heavy atom. The van der Waals surface area contributed by atoms with E-state index in [1.807, 2.05) is 13.8 Å². The number of benzene rings is 1. The highest BCUT2D eigenvalue weighted by molar-refractivity contribution is 6.33. The van der Waals surface area contributed by atoms with Gasteiger partial charge < -0.3 is 30.5 Å². The molecule has 0 bridgehead atoms. The molecule has 3 rings (SSSR count). The maximum atomic E-state index is 12.6. The van der Waals surface area contributed by atoms with Crippen LogP contribution in [0.25, 0.3) is 17.0 Å². The number of Topliss-reactive ketones (excluding diaryl/α,β-unsaturated/α-hetero) is 1. The molecule has 1 aliphatic heterocycles. The highest BCUT2D eigenvalue weighted by atomic mass is 35.5. The second-order valence-electron chi connectivity index (χ2n) is 9.26. The van der Waals surface area contributed by atoms with Crippen LogP contribution in [0.4, 0.5) is 5.82 Å². The quantitative estimate of drug-likeness (QED) is 0.374. The molecule has 0 aliphatic carbocycles. The van der Waals surface area contributed by atoms with Crippen LogP contribution >= 0.6 is 11.6 Å². The van der Waals surface area contributed by atoms with E-state index in [2.05, 4.69) is 10.2 Å². The third-order valence-electron chi connectivity index (χ3n) is 6.31. The molecule has 10 heteroatoms. The van der Waals surface area contributed by atoms with Crippen molar-refractivity contribution in [3.8, 4) is 17.1 Å². The molecule has 37 heavy (non-hydrogen) atoms. The molecule has 1 fully saturated rings. The first-order chi connectivity index (χ1) is 17.7. The monoisotopic (exact) mass is 531 g/mol. The van der Waals surface area contributed by atoms with E-state index in [0.717, 1.165) is 37.3 Å². The minimum absolute atomic E-state index is 0.117. The van der Waals surface area contributed by atoms with Crippen molar-refractivity contribution in [3.63, 3.8) is 0 Å². The molecular weight excluding hydrogens is 494 g/mol. The van der Waals surface area contributed by atoms with E-state index >= 15 is 0 Å². The van der Waals surface area contributed by atoms with Gasteiger partial charge in [0.25, 0.3) is 0 Å². The van der Waals surface area contributed by atoms with Crippen LogP contribution in [0.15, 0.2) is 23.9 Å². The highest BCUT2D eigenvalue weighted by Crippen LogP contribution is 2.35. The van der Waals surface area contributed by atoms with Crippen molar-refractivity contribution >= 4 is 28.8 Å². The van der Waals surface area contributed by atoms with E-state index in [-0.39, 0.29) is 18.5 Å². The number of nitrogens with two attached hydrogens (primary N) is 1. The fourth-order valence-corrected chi connectivity index (χ4v) is 4.73. The van der Waals surface area contributed by atoms with Gasteiger partial charge in [0.1, 0.15) is 24.3 Å². The van der Waals surface area contributed by atoms with Gasteiger partial charge >= 0.3 is 0 Å². The minimum Gasteiger partial charge on any atom is -0.491 e. The van der Waals surface area contributed by atoms with Gasteiger partial charge in [-0.1, -0.05) is 11.6 Å². The van der Waals surface area contributed by atoms with E-state index in [1.54, 1.807) is 32.2 Å². The summed E-state index contributed by atoms with van der Waals surface area (Å²) in [5.41, 5.74) is 8.74. The summed E-state index contributed by atoms with van der Waals surface area (Å²) < 4.78 is 11.6. The fraction of sp³-hybridized carbons (Fsp3) is 0.519. The maximum absolute atomic E-state index is 12.6. The van der Waals surface area contributed by atoms with Gasteiger partial charge in [-0.2, -0.15) is 0 Å². The van der Waals surface area contributed by atoms with Gasteiger partial charge in [0.05, 0.1) is 22.4 Å². The van der Waals surface area contributed by atoms with Crippen molar-refractivity contribution in [1.29, 1.82) is 0 Å². The lowest BCUT2D eigenvalue weighted by Crippen LogP contribution is -2.38. The number of ketones is 1. The van der Waals surface area contributed by atoms with E-state index in [0.29, 0.717) is 52.3 Å². The van der Waals surface area contributed by atoms with Crippen molar-refractivity contribution in [1.82, 2.24) is 15.3 Å². The van der Waals surface area contributed by atoms with Gasteiger partial charge in [-0.05, 0) is 65.8 Å². The number of aliphatic hydroxyl groups is 1. The Balaban J connectivity index is 2.08. The summed E-state index contributed by atoms with van der Waals surface area (Å²) in [6.07, 6.45) is 1.33. The fourth-order valence-electron chi connectivity index (χ4n) is 4.53. The van der Waals surface area contributed by atoms with E-state index < -0.39 is 6.10 Å². The molecule has 2 aromatic rings. The Labute approximate surface area is 224 Å². The van der Waals surface area contributed by atoms with E-state index in [9.17, 15) is 9.90 Å². The second-order valence-corrected chi connectivity index (χ2v) is 9.67. The van der Waals surface area contributed by atoms with Crippen molar-refractivity contribution in [2.75, 3.05) is 44.8 Å². The Hall–Kier alpha value is -2.72. The van der Waals surface area contributed by atoms with Crippen molar-refractivity contribution in [2.45, 2.75) is 52.7 Å². The largest absolute Gasteiger partial charge is 0.491 e. The first-order valence-corrected chi connectivity index (χ1v) is 13.0. The molecule has 1 aromatic carbocycles. The third-order valence-corrected chi connectivity index (χ3v) is 6.64. The smallest absolute Gasteiger partial charge is 0.163 e. The first-order valence-electron chi connectivity index (χ1n) is 12.6. The molecule has 0 unspecified atom stereocenters. The summed E-state index contributed by atoms with van der Waals surface area (Å²) in [4.78, 5) is 24.5. The molecule has 9 nitrogen and oxygen atoms in total. The summed E-state index contributed by atoms with van der Waals surface area (Å²) in [6, 6.07) is 5.19. The van der Waals surface area contributed by atoms with Crippen LogP contribution in [0.5, 0.6) is 5.75 Å². The number of anilines is 1. The van der Waals surface area contributed by atoms with Crippen LogP contribution in [0, 0.1) is 6.92 Å². The molecule has 1 aromatic heterocycles. The molecule has 202 valence electrons. The SMILES string of the molecule is CCOC1CCN(c2nc(-c3cc(OC[C@H](O)CNC)ccc3Cl)nc(C(C(C)=O)=C(C)N)c2C)CC1. The zero-order valence-corrected chi connectivity index (χ0v) is 23.1. The van der Waals surface area contributed by atoms with E-state index in [4.69, 9.17) is 36.8 Å². The number of nitrogens with zero attached hydrogens (tertiary/aromatic N) is 3. The van der Waals surface area contributed by atoms with Gasteiger partial charge in [0, 0.05) is 43.1 Å². The number of piperidine rings is 1. The number of aromatic nitrogens is 2. The van der Waals surface area contributed by atoms with E-state index in [1.165, 1.54) is 6.92 Å². The number of carbonyl (C=O) groups is 1. The topological polar surface area (TPSA) is 123 Å². The lowest BCUT2D eigenvalue weighted by Gasteiger charge is -2.34. The minimum atomic E-state index is -0.659. The van der Waals surface area contributed by atoms with Crippen LogP contribution < -0.4 is 20.7 Å². The van der Waals surface area contributed by atoms with Crippen molar-refractivity contribution in [2.24, 2.45) is 5.73 Å². The molecule has 1 saturated heterocycles. The normalized spacial score (nSPS) is 15.9. The summed E-state index contributed by atoms with van der Waals surface area (Å²) in [7, 11) is 1.76. The number of allylic oxidation sites excluding steroid dienone is 2. The summed E-state index contributed by atoms with van der Waals surface area (Å²) in [5.74, 6) is 1.46. The molecular formula is C27H38ClN5O4. The zero-order chi connectivity index (χ0) is 27.1. The van der Waals surface area contributed by atoms with Gasteiger partial charge in [-0.25, -0.2) is 9.97 Å².